The summed E-state index contributed by atoms with van der Waals surface area (Å²) in [5.41, 5.74) is 2.96. The number of nitrogens with one attached hydrogen (secondary N) is 1. The lowest BCUT2D eigenvalue weighted by Crippen LogP contribution is -2.49. The van der Waals surface area contributed by atoms with Gasteiger partial charge in [-0.15, -0.1) is 0 Å². The highest BCUT2D eigenvalue weighted by Crippen LogP contribution is 2.56. The number of rotatable bonds is 3. The summed E-state index contributed by atoms with van der Waals surface area (Å²) in [6.45, 7) is 5.09. The molecular formula is C21H25F2N3O2. The summed E-state index contributed by atoms with van der Waals surface area (Å²) < 4.78 is 31.0. The van der Waals surface area contributed by atoms with Crippen LogP contribution in [0.5, 0.6) is 0 Å². The molecule has 1 N–H and O–H groups in total. The topological polar surface area (TPSA) is 58.4 Å². The number of halogens is 2. The molecule has 2 fully saturated rings. The van der Waals surface area contributed by atoms with Crippen molar-refractivity contribution in [3.63, 3.8) is 0 Å². The third-order valence-electron chi connectivity index (χ3n) is 6.48. The maximum atomic E-state index is 12.9. The fourth-order valence-electron chi connectivity index (χ4n) is 4.47. The second kappa shape index (κ2) is 7.18. The van der Waals surface area contributed by atoms with E-state index in [4.69, 9.17) is 4.52 Å². The molecule has 0 unspecified atom stereocenters. The summed E-state index contributed by atoms with van der Waals surface area (Å²) in [6.07, 6.45) is 1.48. The molecule has 7 heteroatoms. The molecule has 4 rings (SSSR count). The van der Waals surface area contributed by atoms with Crippen molar-refractivity contribution < 1.29 is 18.1 Å². The normalized spacial score (nSPS) is 19.1. The first-order chi connectivity index (χ1) is 13.4. The smallest absolute Gasteiger partial charge is 0.324 e. The Hall–Kier alpha value is -2.44. The van der Waals surface area contributed by atoms with E-state index in [1.807, 2.05) is 24.8 Å². The number of carbonyl (C=O) groups is 1. The van der Waals surface area contributed by atoms with Crippen molar-refractivity contribution in [2.24, 2.45) is 5.41 Å². The average Bonchev–Trinajstić information content (AvgIpc) is 2.98. The van der Waals surface area contributed by atoms with Gasteiger partial charge in [0.2, 0.25) is 5.88 Å². The van der Waals surface area contributed by atoms with Crippen molar-refractivity contribution in [3.05, 3.63) is 46.6 Å². The van der Waals surface area contributed by atoms with E-state index in [9.17, 15) is 13.6 Å². The number of aromatic nitrogens is 1. The number of piperidine rings is 1. The lowest BCUT2D eigenvalue weighted by Gasteiger charge is -2.52. The minimum atomic E-state index is -2.42. The molecule has 1 aliphatic carbocycles. The van der Waals surface area contributed by atoms with Gasteiger partial charge in [-0.3, -0.25) is 5.32 Å². The number of anilines is 1. The number of hydrogen-bond acceptors (Lipinski definition) is 3. The zero-order valence-electron chi connectivity index (χ0n) is 16.2. The van der Waals surface area contributed by atoms with Crippen molar-refractivity contribution in [1.29, 1.82) is 0 Å². The molecule has 1 saturated heterocycles. The minimum absolute atomic E-state index is 0.0999. The molecule has 1 saturated carbocycles. The summed E-state index contributed by atoms with van der Waals surface area (Å²) >= 11 is 0. The zero-order chi connectivity index (χ0) is 19.9. The highest BCUT2D eigenvalue weighted by Gasteiger charge is 2.46. The predicted octanol–water partition coefficient (Wildman–Crippen LogP) is 5.42. The molecule has 5 nitrogen and oxygen atoms in total. The van der Waals surface area contributed by atoms with Gasteiger partial charge in [-0.1, -0.05) is 23.4 Å². The Morgan fingerprint density at radius 1 is 1.29 bits per heavy atom. The molecule has 2 aromatic rings. The summed E-state index contributed by atoms with van der Waals surface area (Å²) in [4.78, 5) is 14.3. The van der Waals surface area contributed by atoms with Crippen LogP contribution in [0.2, 0.25) is 0 Å². The molecule has 0 bridgehead atoms. The Balaban J connectivity index is 1.31. The van der Waals surface area contributed by atoms with Gasteiger partial charge in [0.15, 0.2) is 0 Å². The molecule has 0 radical (unpaired) electrons. The summed E-state index contributed by atoms with van der Waals surface area (Å²) in [5, 5.41) is 6.66. The van der Waals surface area contributed by atoms with Crippen LogP contribution in [0.15, 0.2) is 28.8 Å². The lowest BCUT2D eigenvalue weighted by molar-refractivity contribution is 0.0289. The van der Waals surface area contributed by atoms with Crippen molar-refractivity contribution >= 4 is 11.9 Å². The number of alkyl halides is 2. The van der Waals surface area contributed by atoms with Gasteiger partial charge in [0.1, 0.15) is 0 Å². The molecular weight excluding hydrogens is 364 g/mol. The molecule has 2 amide bonds. The van der Waals surface area contributed by atoms with Crippen LogP contribution < -0.4 is 5.32 Å². The van der Waals surface area contributed by atoms with E-state index in [-0.39, 0.29) is 17.0 Å². The summed E-state index contributed by atoms with van der Waals surface area (Å²) in [6, 6.07) is 6.65. The van der Waals surface area contributed by atoms with E-state index in [0.717, 1.165) is 42.5 Å². The Bertz CT molecular complexity index is 864. The van der Waals surface area contributed by atoms with Crippen LogP contribution >= 0.6 is 0 Å². The van der Waals surface area contributed by atoms with Crippen molar-refractivity contribution in [2.75, 3.05) is 18.4 Å². The number of urea groups is 1. The molecule has 1 spiro atoms. The first kappa shape index (κ1) is 18.9. The van der Waals surface area contributed by atoms with E-state index < -0.39 is 6.43 Å². The standard InChI is InChI=1S/C21H25F2N3O2/c1-13-14(2)25-28-19(13)24-20(27)26-8-6-21(7-9-26)11-17(12-21)15-4-3-5-16(10-15)18(22)23/h3-5,10,17-18H,6-9,11-12H2,1-2H3,(H,24,27). The van der Waals surface area contributed by atoms with Crippen LogP contribution in [-0.2, 0) is 0 Å². The molecule has 1 aliphatic heterocycles. The van der Waals surface area contributed by atoms with Gasteiger partial charge in [-0.2, -0.15) is 0 Å². The number of hydrogen-bond donors (Lipinski definition) is 1. The second-order valence-corrected chi connectivity index (χ2v) is 8.22. The Morgan fingerprint density at radius 2 is 2.00 bits per heavy atom. The van der Waals surface area contributed by atoms with Crippen molar-refractivity contribution in [3.8, 4) is 0 Å². The SMILES string of the molecule is Cc1noc(NC(=O)N2CCC3(CC2)CC(c2cccc(C(F)F)c2)C3)c1C. The van der Waals surface area contributed by atoms with E-state index in [0.29, 0.717) is 24.9 Å². The number of benzene rings is 1. The highest BCUT2D eigenvalue weighted by atomic mass is 19.3. The second-order valence-electron chi connectivity index (χ2n) is 8.22. The van der Waals surface area contributed by atoms with Gasteiger partial charge in [-0.05, 0) is 62.5 Å². The van der Waals surface area contributed by atoms with Crippen LogP contribution in [0.1, 0.15) is 60.4 Å². The molecule has 2 heterocycles. The third kappa shape index (κ3) is 3.50. The van der Waals surface area contributed by atoms with Gasteiger partial charge in [0.05, 0.1) is 5.69 Å². The fourth-order valence-corrected chi connectivity index (χ4v) is 4.47. The number of amides is 2. The highest BCUT2D eigenvalue weighted by molar-refractivity contribution is 5.88. The van der Waals surface area contributed by atoms with Crippen LogP contribution in [-0.4, -0.2) is 29.2 Å². The zero-order valence-corrected chi connectivity index (χ0v) is 16.2. The van der Waals surface area contributed by atoms with E-state index in [2.05, 4.69) is 10.5 Å². The van der Waals surface area contributed by atoms with Crippen LogP contribution in [0, 0.1) is 19.3 Å². The van der Waals surface area contributed by atoms with Crippen LogP contribution in [0.3, 0.4) is 0 Å². The molecule has 0 atom stereocenters. The Labute approximate surface area is 163 Å². The molecule has 2 aliphatic rings. The summed E-state index contributed by atoms with van der Waals surface area (Å²) in [5.74, 6) is 0.754. The molecule has 150 valence electrons. The molecule has 28 heavy (non-hydrogen) atoms. The largest absolute Gasteiger partial charge is 0.338 e. The van der Waals surface area contributed by atoms with Crippen molar-refractivity contribution in [1.82, 2.24) is 10.1 Å². The van der Waals surface area contributed by atoms with Crippen molar-refractivity contribution in [2.45, 2.75) is 51.9 Å². The van der Waals surface area contributed by atoms with Gasteiger partial charge in [-0.25, -0.2) is 13.6 Å². The van der Waals surface area contributed by atoms with Gasteiger partial charge in [0, 0.05) is 24.2 Å². The van der Waals surface area contributed by atoms with Crippen LogP contribution in [0.25, 0.3) is 0 Å². The lowest BCUT2D eigenvalue weighted by atomic mass is 9.56. The first-order valence-corrected chi connectivity index (χ1v) is 9.74. The number of nitrogens with zero attached hydrogens (tertiary/aromatic N) is 2. The monoisotopic (exact) mass is 389 g/mol. The number of aryl methyl sites for hydroxylation is 1. The molecule has 1 aromatic carbocycles. The number of likely N-dealkylation sites (tertiary alicyclic amines) is 1. The fraction of sp³-hybridized carbons (Fsp3) is 0.524. The maximum absolute atomic E-state index is 12.9. The van der Waals surface area contributed by atoms with E-state index in [1.165, 1.54) is 6.07 Å². The minimum Gasteiger partial charge on any atom is -0.338 e. The maximum Gasteiger partial charge on any atom is 0.324 e. The average molecular weight is 389 g/mol. The van der Waals surface area contributed by atoms with E-state index in [1.54, 1.807) is 12.1 Å². The first-order valence-electron chi connectivity index (χ1n) is 9.74. The summed E-state index contributed by atoms with van der Waals surface area (Å²) in [7, 11) is 0. The van der Waals surface area contributed by atoms with Crippen LogP contribution in [0.4, 0.5) is 19.5 Å². The Kier molecular flexibility index (Phi) is 4.85. The van der Waals surface area contributed by atoms with Gasteiger partial charge in [0.25, 0.3) is 6.43 Å². The van der Waals surface area contributed by atoms with Gasteiger partial charge < -0.3 is 9.42 Å². The predicted molar refractivity (Wildman–Crippen MR) is 102 cm³/mol. The quantitative estimate of drug-likeness (QED) is 0.762. The van der Waals surface area contributed by atoms with E-state index >= 15 is 0 Å². The number of carbonyl (C=O) groups excluding carboxylic acids is 1. The Morgan fingerprint density at radius 3 is 2.61 bits per heavy atom. The molecule has 1 aromatic heterocycles. The van der Waals surface area contributed by atoms with Gasteiger partial charge >= 0.3 is 6.03 Å². The third-order valence-corrected chi connectivity index (χ3v) is 6.48.